The van der Waals surface area contributed by atoms with Crippen LogP contribution in [0, 0.1) is 11.7 Å². The van der Waals surface area contributed by atoms with E-state index in [0.29, 0.717) is 5.82 Å². The van der Waals surface area contributed by atoms with Gasteiger partial charge in [-0.05, 0) is 61.9 Å². The SMILES string of the molecule is C[C@H](C(=O)Nc1ccc(F)cn1)c1ccc2c(c1)CCCN2C(=O)C1CC1. The van der Waals surface area contributed by atoms with Crippen LogP contribution >= 0.6 is 0 Å². The number of hydrogen-bond donors (Lipinski definition) is 1. The summed E-state index contributed by atoms with van der Waals surface area (Å²) in [5, 5.41) is 2.72. The van der Waals surface area contributed by atoms with Crippen molar-refractivity contribution < 1.29 is 14.0 Å². The van der Waals surface area contributed by atoms with Gasteiger partial charge in [0.1, 0.15) is 11.6 Å². The van der Waals surface area contributed by atoms with E-state index in [9.17, 15) is 14.0 Å². The molecule has 140 valence electrons. The lowest BCUT2D eigenvalue weighted by Gasteiger charge is -2.30. The fourth-order valence-electron chi connectivity index (χ4n) is 3.50. The van der Waals surface area contributed by atoms with Gasteiger partial charge < -0.3 is 10.2 Å². The number of benzene rings is 1. The van der Waals surface area contributed by atoms with Gasteiger partial charge in [0.2, 0.25) is 11.8 Å². The highest BCUT2D eigenvalue weighted by atomic mass is 19.1. The third-order valence-electron chi connectivity index (χ3n) is 5.29. The molecule has 2 heterocycles. The van der Waals surface area contributed by atoms with E-state index in [4.69, 9.17) is 0 Å². The Hall–Kier alpha value is -2.76. The summed E-state index contributed by atoms with van der Waals surface area (Å²) in [5.41, 5.74) is 3.00. The van der Waals surface area contributed by atoms with E-state index < -0.39 is 5.82 Å². The van der Waals surface area contributed by atoms with Gasteiger partial charge in [0.25, 0.3) is 0 Å². The zero-order chi connectivity index (χ0) is 19.0. The summed E-state index contributed by atoms with van der Waals surface area (Å²) < 4.78 is 12.9. The fourth-order valence-corrected chi connectivity index (χ4v) is 3.50. The average Bonchev–Trinajstić information content (AvgIpc) is 3.53. The van der Waals surface area contributed by atoms with Gasteiger partial charge in [-0.15, -0.1) is 0 Å². The summed E-state index contributed by atoms with van der Waals surface area (Å²) in [6, 6.07) is 8.61. The number of aryl methyl sites for hydroxylation is 1. The summed E-state index contributed by atoms with van der Waals surface area (Å²) >= 11 is 0. The number of pyridine rings is 1. The van der Waals surface area contributed by atoms with Crippen LogP contribution in [0.5, 0.6) is 0 Å². The Labute approximate surface area is 157 Å². The van der Waals surface area contributed by atoms with Crippen LogP contribution in [0.25, 0.3) is 0 Å². The van der Waals surface area contributed by atoms with Gasteiger partial charge in [-0.2, -0.15) is 0 Å². The Morgan fingerprint density at radius 2 is 2.07 bits per heavy atom. The summed E-state index contributed by atoms with van der Waals surface area (Å²) in [6.07, 6.45) is 4.92. The van der Waals surface area contributed by atoms with Crippen molar-refractivity contribution in [3.63, 3.8) is 0 Å². The molecule has 0 radical (unpaired) electrons. The quantitative estimate of drug-likeness (QED) is 0.897. The van der Waals surface area contributed by atoms with Crippen molar-refractivity contribution in [2.45, 2.75) is 38.5 Å². The first-order valence-electron chi connectivity index (χ1n) is 9.39. The van der Waals surface area contributed by atoms with Crippen LogP contribution in [0.1, 0.15) is 43.2 Å². The molecule has 5 nitrogen and oxygen atoms in total. The van der Waals surface area contributed by atoms with Gasteiger partial charge in [-0.1, -0.05) is 12.1 Å². The molecule has 1 aliphatic heterocycles. The highest BCUT2D eigenvalue weighted by Crippen LogP contribution is 2.36. The minimum atomic E-state index is -0.443. The summed E-state index contributed by atoms with van der Waals surface area (Å²) in [7, 11) is 0. The number of amides is 2. The lowest BCUT2D eigenvalue weighted by atomic mass is 9.93. The Balaban J connectivity index is 1.51. The van der Waals surface area contributed by atoms with Crippen LogP contribution in [-0.4, -0.2) is 23.3 Å². The second-order valence-electron chi connectivity index (χ2n) is 7.33. The summed E-state index contributed by atoms with van der Waals surface area (Å²) in [5.74, 6) is -0.263. The summed E-state index contributed by atoms with van der Waals surface area (Å²) in [4.78, 5) is 30.8. The number of halogens is 1. The molecule has 0 bridgehead atoms. The minimum Gasteiger partial charge on any atom is -0.312 e. The van der Waals surface area contributed by atoms with Crippen molar-refractivity contribution >= 4 is 23.3 Å². The second-order valence-corrected chi connectivity index (χ2v) is 7.33. The van der Waals surface area contributed by atoms with Gasteiger partial charge in [-0.3, -0.25) is 9.59 Å². The molecule has 2 aliphatic rings. The first-order valence-corrected chi connectivity index (χ1v) is 9.39. The van der Waals surface area contributed by atoms with Crippen molar-refractivity contribution in [2.75, 3.05) is 16.8 Å². The molecule has 1 aromatic heterocycles. The lowest BCUT2D eigenvalue weighted by Crippen LogP contribution is -2.36. The predicted molar refractivity (Wildman–Crippen MR) is 101 cm³/mol. The molecule has 2 aromatic rings. The molecule has 1 N–H and O–H groups in total. The Kier molecular flexibility index (Phi) is 4.64. The molecule has 6 heteroatoms. The third-order valence-corrected chi connectivity index (χ3v) is 5.29. The molecule has 1 fully saturated rings. The molecule has 0 spiro atoms. The summed E-state index contributed by atoms with van der Waals surface area (Å²) in [6.45, 7) is 2.60. The first-order chi connectivity index (χ1) is 13.0. The van der Waals surface area contributed by atoms with Crippen LogP contribution in [-0.2, 0) is 16.0 Å². The number of fused-ring (bicyclic) bond motifs is 1. The number of hydrogen-bond acceptors (Lipinski definition) is 3. The fraction of sp³-hybridized carbons (Fsp3) is 0.381. The van der Waals surface area contributed by atoms with E-state index in [0.717, 1.165) is 55.2 Å². The minimum absolute atomic E-state index is 0.198. The monoisotopic (exact) mass is 367 g/mol. The predicted octanol–water partition coefficient (Wildman–Crippen LogP) is 3.65. The smallest absolute Gasteiger partial charge is 0.232 e. The Morgan fingerprint density at radius 1 is 1.26 bits per heavy atom. The Bertz CT molecular complexity index is 877. The van der Waals surface area contributed by atoms with Gasteiger partial charge in [0.05, 0.1) is 12.1 Å². The lowest BCUT2D eigenvalue weighted by molar-refractivity contribution is -0.120. The van der Waals surface area contributed by atoms with E-state index in [1.165, 1.54) is 12.1 Å². The molecular weight excluding hydrogens is 345 g/mol. The molecule has 0 unspecified atom stereocenters. The number of nitrogens with zero attached hydrogens (tertiary/aromatic N) is 2. The van der Waals surface area contributed by atoms with E-state index in [1.807, 2.05) is 30.0 Å². The highest BCUT2D eigenvalue weighted by Gasteiger charge is 2.35. The van der Waals surface area contributed by atoms with Gasteiger partial charge in [-0.25, -0.2) is 9.37 Å². The largest absolute Gasteiger partial charge is 0.312 e. The van der Waals surface area contributed by atoms with Crippen molar-refractivity contribution in [1.29, 1.82) is 0 Å². The number of rotatable bonds is 4. The number of nitrogens with one attached hydrogen (secondary N) is 1. The number of carbonyl (C=O) groups excluding carboxylic acids is 2. The topological polar surface area (TPSA) is 62.3 Å². The van der Waals surface area contributed by atoms with Crippen LogP contribution in [0.3, 0.4) is 0 Å². The Morgan fingerprint density at radius 3 is 2.78 bits per heavy atom. The zero-order valence-electron chi connectivity index (χ0n) is 15.2. The van der Waals surface area contributed by atoms with Crippen LogP contribution in [0.4, 0.5) is 15.9 Å². The molecular formula is C21H22FN3O2. The van der Waals surface area contributed by atoms with Crippen LogP contribution in [0.2, 0.25) is 0 Å². The third kappa shape index (κ3) is 3.70. The molecule has 1 saturated carbocycles. The maximum atomic E-state index is 12.9. The molecule has 2 amide bonds. The van der Waals surface area contributed by atoms with Crippen molar-refractivity contribution in [3.8, 4) is 0 Å². The maximum absolute atomic E-state index is 12.9. The maximum Gasteiger partial charge on any atom is 0.232 e. The molecule has 1 aliphatic carbocycles. The van der Waals surface area contributed by atoms with Crippen molar-refractivity contribution in [1.82, 2.24) is 4.98 Å². The molecule has 0 saturated heterocycles. The van der Waals surface area contributed by atoms with Gasteiger partial charge >= 0.3 is 0 Å². The first kappa shape index (κ1) is 17.6. The van der Waals surface area contributed by atoms with Crippen molar-refractivity contribution in [3.05, 3.63) is 53.5 Å². The van der Waals surface area contributed by atoms with Gasteiger partial charge in [0, 0.05) is 18.2 Å². The molecule has 27 heavy (non-hydrogen) atoms. The van der Waals surface area contributed by atoms with E-state index in [1.54, 1.807) is 0 Å². The molecule has 1 aromatic carbocycles. The molecule has 4 rings (SSSR count). The number of anilines is 2. The van der Waals surface area contributed by atoms with Crippen molar-refractivity contribution in [2.24, 2.45) is 5.92 Å². The number of carbonyl (C=O) groups is 2. The second kappa shape index (κ2) is 7.10. The number of aromatic nitrogens is 1. The van der Waals surface area contributed by atoms with Crippen LogP contribution in [0.15, 0.2) is 36.5 Å². The highest BCUT2D eigenvalue weighted by molar-refractivity contribution is 5.98. The van der Waals surface area contributed by atoms with E-state index >= 15 is 0 Å². The molecule has 1 atom stereocenters. The van der Waals surface area contributed by atoms with E-state index in [-0.39, 0.29) is 23.7 Å². The standard InChI is InChI=1S/C21H22FN3O2/c1-13(20(26)24-19-9-7-17(22)12-23-19)15-6-8-18-16(11-15)3-2-10-25(18)21(27)14-4-5-14/h6-9,11-14H,2-5,10H2,1H3,(H,23,24,26)/t13-/m0/s1. The van der Waals surface area contributed by atoms with Crippen LogP contribution < -0.4 is 10.2 Å². The van der Waals surface area contributed by atoms with E-state index in [2.05, 4.69) is 10.3 Å². The average molecular weight is 367 g/mol. The normalized spacial score (nSPS) is 17.2. The zero-order valence-corrected chi connectivity index (χ0v) is 15.2. The van der Waals surface area contributed by atoms with Gasteiger partial charge in [0.15, 0.2) is 0 Å².